The number of rotatable bonds is 10. The maximum Gasteiger partial charge on any atom is 0.427 e. The maximum absolute atomic E-state index is 13.8. The Hall–Kier alpha value is -3.10. The molecule has 0 saturated heterocycles. The molecule has 2 N–H and O–H groups in total. The van der Waals surface area contributed by atoms with E-state index in [1.165, 1.54) is 18.2 Å². The highest BCUT2D eigenvalue weighted by molar-refractivity contribution is 7.92. The van der Waals surface area contributed by atoms with Gasteiger partial charge in [0.25, 0.3) is 10.0 Å². The standard InChI is InChI=1S/C26H31F4N3O6S/c1-4-37-15-31-23(16-5-6-16)22-14-33(40(35,36)19-10-7-17(27)8-11-19)20-13-18(9-12-21(20)38-22)32-24(34)39-25(2,3)26(28,29)30/h7-13,16,22-23,31H,4-6,14-15H2,1-3H3,(H,32,34)/t22-,23+/m1/s1. The molecule has 1 aliphatic carbocycles. The summed E-state index contributed by atoms with van der Waals surface area (Å²) in [4.78, 5) is 12.1. The Balaban J connectivity index is 1.67. The molecule has 0 aromatic heterocycles. The summed E-state index contributed by atoms with van der Waals surface area (Å²) >= 11 is 0. The molecule has 1 fully saturated rings. The molecule has 1 heterocycles. The summed E-state index contributed by atoms with van der Waals surface area (Å²) in [6.45, 7) is 3.88. The Labute approximate surface area is 229 Å². The molecule has 40 heavy (non-hydrogen) atoms. The Morgan fingerprint density at radius 1 is 1.15 bits per heavy atom. The van der Waals surface area contributed by atoms with Crippen LogP contribution in [0.5, 0.6) is 5.75 Å². The molecule has 2 aromatic carbocycles. The van der Waals surface area contributed by atoms with Crippen LogP contribution in [0.4, 0.5) is 33.7 Å². The third-order valence-electron chi connectivity index (χ3n) is 6.69. The lowest BCUT2D eigenvalue weighted by Gasteiger charge is -2.39. The highest BCUT2D eigenvalue weighted by Gasteiger charge is 2.51. The Morgan fingerprint density at radius 3 is 2.42 bits per heavy atom. The van der Waals surface area contributed by atoms with Gasteiger partial charge in [0.05, 0.1) is 29.9 Å². The van der Waals surface area contributed by atoms with E-state index in [4.69, 9.17) is 9.47 Å². The quantitative estimate of drug-likeness (QED) is 0.227. The van der Waals surface area contributed by atoms with E-state index in [0.717, 1.165) is 41.4 Å². The first-order valence-electron chi connectivity index (χ1n) is 12.7. The van der Waals surface area contributed by atoms with E-state index < -0.39 is 39.8 Å². The molecule has 0 unspecified atom stereocenters. The molecule has 4 rings (SSSR count). The van der Waals surface area contributed by atoms with E-state index in [9.17, 15) is 30.8 Å². The van der Waals surface area contributed by atoms with Crippen LogP contribution in [-0.2, 0) is 19.5 Å². The topological polar surface area (TPSA) is 106 Å². The average molecular weight is 590 g/mol. The Bertz CT molecular complexity index is 1320. The normalized spacial score (nSPS) is 18.5. The summed E-state index contributed by atoms with van der Waals surface area (Å²) in [5, 5.41) is 5.51. The van der Waals surface area contributed by atoms with Crippen molar-refractivity contribution >= 4 is 27.5 Å². The first-order chi connectivity index (χ1) is 18.7. The molecular formula is C26H31F4N3O6S. The number of sulfonamides is 1. The molecule has 1 aliphatic heterocycles. The molecule has 220 valence electrons. The summed E-state index contributed by atoms with van der Waals surface area (Å²) in [6, 6.07) is 8.16. The number of amides is 1. The van der Waals surface area contributed by atoms with E-state index in [1.54, 1.807) is 0 Å². The van der Waals surface area contributed by atoms with Crippen molar-refractivity contribution in [3.63, 3.8) is 0 Å². The number of nitrogens with zero attached hydrogens (tertiary/aromatic N) is 1. The van der Waals surface area contributed by atoms with Crippen LogP contribution in [0.1, 0.15) is 33.6 Å². The molecule has 2 aromatic rings. The molecule has 9 nitrogen and oxygen atoms in total. The Morgan fingerprint density at radius 2 is 1.82 bits per heavy atom. The van der Waals surface area contributed by atoms with E-state index >= 15 is 0 Å². The molecule has 1 saturated carbocycles. The van der Waals surface area contributed by atoms with Crippen LogP contribution in [0, 0.1) is 11.7 Å². The minimum atomic E-state index is -4.81. The summed E-state index contributed by atoms with van der Waals surface area (Å²) in [7, 11) is -4.25. The number of halogens is 4. The number of anilines is 2. The minimum absolute atomic E-state index is 0.0173. The zero-order valence-electron chi connectivity index (χ0n) is 22.1. The van der Waals surface area contributed by atoms with Crippen molar-refractivity contribution in [2.45, 2.75) is 62.4 Å². The van der Waals surface area contributed by atoms with E-state index in [0.29, 0.717) is 20.5 Å². The van der Waals surface area contributed by atoms with Gasteiger partial charge in [-0.1, -0.05) is 0 Å². The average Bonchev–Trinajstić information content (AvgIpc) is 3.70. The second-order valence-corrected chi connectivity index (χ2v) is 11.9. The molecule has 14 heteroatoms. The van der Waals surface area contributed by atoms with Crippen molar-refractivity contribution in [2.24, 2.45) is 5.92 Å². The fourth-order valence-corrected chi connectivity index (χ4v) is 5.73. The lowest BCUT2D eigenvalue weighted by atomic mass is 10.0. The third kappa shape index (κ3) is 6.61. The van der Waals surface area contributed by atoms with Gasteiger partial charge >= 0.3 is 12.3 Å². The molecule has 2 aliphatic rings. The van der Waals surface area contributed by atoms with Crippen LogP contribution in [0.2, 0.25) is 0 Å². The number of fused-ring (bicyclic) bond motifs is 1. The van der Waals surface area contributed by atoms with Gasteiger partial charge in [-0.2, -0.15) is 13.2 Å². The number of hydrogen-bond acceptors (Lipinski definition) is 7. The number of carbonyl (C=O) groups excluding carboxylic acids is 1. The van der Waals surface area contributed by atoms with Gasteiger partial charge < -0.3 is 14.2 Å². The van der Waals surface area contributed by atoms with Crippen LogP contribution < -0.4 is 19.7 Å². The van der Waals surface area contributed by atoms with E-state index in [2.05, 4.69) is 15.4 Å². The monoisotopic (exact) mass is 589 g/mol. The molecule has 2 atom stereocenters. The molecular weight excluding hydrogens is 558 g/mol. The van der Waals surface area contributed by atoms with Crippen LogP contribution in [0.25, 0.3) is 0 Å². The third-order valence-corrected chi connectivity index (χ3v) is 8.48. The van der Waals surface area contributed by atoms with Crippen LogP contribution in [0.15, 0.2) is 47.4 Å². The number of benzene rings is 2. The predicted octanol–water partition coefficient (Wildman–Crippen LogP) is 5.03. The minimum Gasteiger partial charge on any atom is -0.485 e. The SMILES string of the molecule is CCOCN[C@@H](C1CC1)[C@H]1CN(S(=O)(=O)c2ccc(F)cc2)c2cc(NC(=O)OC(C)(C)C(F)(F)F)ccc2O1. The van der Waals surface area contributed by atoms with Crippen molar-refractivity contribution in [3.8, 4) is 5.75 Å². The van der Waals surface area contributed by atoms with Gasteiger partial charge in [-0.25, -0.2) is 17.6 Å². The number of alkyl halides is 3. The summed E-state index contributed by atoms with van der Waals surface area (Å²) in [5.41, 5.74) is -2.73. The first kappa shape index (κ1) is 29.9. The van der Waals surface area contributed by atoms with Crippen LogP contribution in [0.3, 0.4) is 0 Å². The smallest absolute Gasteiger partial charge is 0.427 e. The zero-order valence-corrected chi connectivity index (χ0v) is 22.9. The molecule has 0 spiro atoms. The van der Waals surface area contributed by atoms with Crippen molar-refractivity contribution in [1.82, 2.24) is 5.32 Å². The van der Waals surface area contributed by atoms with Crippen LogP contribution >= 0.6 is 0 Å². The van der Waals surface area contributed by atoms with Crippen molar-refractivity contribution in [2.75, 3.05) is 29.5 Å². The van der Waals surface area contributed by atoms with E-state index in [-0.39, 0.29) is 47.3 Å². The molecule has 0 radical (unpaired) electrons. The van der Waals surface area contributed by atoms with Crippen LogP contribution in [-0.4, -0.2) is 58.3 Å². The fourth-order valence-electron chi connectivity index (χ4n) is 4.25. The highest BCUT2D eigenvalue weighted by Crippen LogP contribution is 2.43. The second kappa shape index (κ2) is 11.4. The van der Waals surface area contributed by atoms with Gasteiger partial charge in [-0.15, -0.1) is 0 Å². The van der Waals surface area contributed by atoms with Gasteiger partial charge in [-0.05, 0) is 82.0 Å². The van der Waals surface area contributed by atoms with Crippen molar-refractivity contribution in [1.29, 1.82) is 0 Å². The molecule has 0 bridgehead atoms. The van der Waals surface area contributed by atoms with Crippen molar-refractivity contribution in [3.05, 3.63) is 48.3 Å². The fraction of sp³-hybridized carbons (Fsp3) is 0.500. The van der Waals surface area contributed by atoms with E-state index in [1.807, 2.05) is 6.92 Å². The Kier molecular flexibility index (Phi) is 8.52. The molecule has 1 amide bonds. The van der Waals surface area contributed by atoms with Crippen molar-refractivity contribution < 1.29 is 45.0 Å². The lowest BCUT2D eigenvalue weighted by Crippen LogP contribution is -2.54. The number of carbonyl (C=O) groups is 1. The van der Waals surface area contributed by atoms with Gasteiger partial charge in [0, 0.05) is 12.3 Å². The van der Waals surface area contributed by atoms with Gasteiger partial charge in [0.15, 0.2) is 0 Å². The number of ether oxygens (including phenoxy) is 3. The number of nitrogens with one attached hydrogen (secondary N) is 2. The van der Waals surface area contributed by atoms with Gasteiger partial charge in [-0.3, -0.25) is 14.9 Å². The first-order valence-corrected chi connectivity index (χ1v) is 14.1. The largest absolute Gasteiger partial charge is 0.485 e. The van der Waals surface area contributed by atoms with Gasteiger partial charge in [0.2, 0.25) is 5.60 Å². The summed E-state index contributed by atoms with van der Waals surface area (Å²) in [5.74, 6) is -0.185. The highest BCUT2D eigenvalue weighted by atomic mass is 32.2. The number of hydrogen-bond donors (Lipinski definition) is 2. The second-order valence-electron chi connectivity index (χ2n) is 10.1. The van der Waals surface area contributed by atoms with Gasteiger partial charge in [0.1, 0.15) is 17.7 Å². The summed E-state index contributed by atoms with van der Waals surface area (Å²) < 4.78 is 97.9. The summed E-state index contributed by atoms with van der Waals surface area (Å²) in [6.07, 6.45) is -4.94. The maximum atomic E-state index is 13.8. The lowest BCUT2D eigenvalue weighted by molar-refractivity contribution is -0.242. The zero-order chi connectivity index (χ0) is 29.3. The predicted molar refractivity (Wildman–Crippen MR) is 138 cm³/mol.